The highest BCUT2D eigenvalue weighted by Crippen LogP contribution is 2.22. The van der Waals surface area contributed by atoms with Gasteiger partial charge in [-0.2, -0.15) is 5.10 Å². The summed E-state index contributed by atoms with van der Waals surface area (Å²) in [6.07, 6.45) is 0. The van der Waals surface area contributed by atoms with Gasteiger partial charge in [-0.3, -0.25) is 4.68 Å². The molecule has 0 aromatic carbocycles. The minimum atomic E-state index is -0.930. The molecule has 1 N–H and O–H groups in total. The third kappa shape index (κ3) is 1.12. The first-order valence-electron chi connectivity index (χ1n) is 4.13. The van der Waals surface area contributed by atoms with Crippen LogP contribution in [-0.2, 0) is 24.5 Å². The average molecular weight is 182 g/mol. The van der Waals surface area contributed by atoms with Crippen LogP contribution in [0.3, 0.4) is 0 Å². The lowest BCUT2D eigenvalue weighted by Crippen LogP contribution is -2.10. The molecule has 5 heteroatoms. The second-order valence-corrected chi connectivity index (χ2v) is 2.89. The number of nitrogens with zero attached hydrogens (tertiary/aromatic N) is 2. The second-order valence-electron chi connectivity index (χ2n) is 2.89. The predicted molar refractivity (Wildman–Crippen MR) is 43.4 cm³/mol. The van der Waals surface area contributed by atoms with Crippen molar-refractivity contribution in [3.8, 4) is 0 Å². The molecule has 0 spiro atoms. The summed E-state index contributed by atoms with van der Waals surface area (Å²) in [5.41, 5.74) is 1.77. The summed E-state index contributed by atoms with van der Waals surface area (Å²) in [5, 5.41) is 13.1. The Labute approximate surface area is 74.9 Å². The highest BCUT2D eigenvalue weighted by atomic mass is 16.5. The van der Waals surface area contributed by atoms with E-state index >= 15 is 0 Å². The van der Waals surface area contributed by atoms with Crippen molar-refractivity contribution in [2.24, 2.45) is 0 Å². The van der Waals surface area contributed by atoms with E-state index in [1.165, 1.54) is 4.68 Å². The quantitative estimate of drug-likeness (QED) is 0.728. The number of rotatable bonds is 2. The van der Waals surface area contributed by atoms with Crippen molar-refractivity contribution >= 4 is 5.97 Å². The molecule has 1 aliphatic heterocycles. The van der Waals surface area contributed by atoms with Crippen LogP contribution in [0.15, 0.2) is 0 Å². The van der Waals surface area contributed by atoms with E-state index in [0.717, 1.165) is 11.3 Å². The molecular formula is C8H10N2O3. The molecule has 0 aliphatic carbocycles. The topological polar surface area (TPSA) is 64.4 Å². The van der Waals surface area contributed by atoms with Gasteiger partial charge in [-0.15, -0.1) is 0 Å². The van der Waals surface area contributed by atoms with Crippen molar-refractivity contribution in [3.63, 3.8) is 0 Å². The van der Waals surface area contributed by atoms with E-state index in [1.54, 1.807) is 0 Å². The molecule has 2 heterocycles. The third-order valence-corrected chi connectivity index (χ3v) is 2.12. The zero-order valence-corrected chi connectivity index (χ0v) is 7.28. The molecule has 1 aromatic heterocycles. The number of ether oxygens (including phenoxy) is 1. The number of carboxylic acids is 1. The van der Waals surface area contributed by atoms with Crippen LogP contribution in [-0.4, -0.2) is 20.9 Å². The molecule has 5 nitrogen and oxygen atoms in total. The van der Waals surface area contributed by atoms with Crippen molar-refractivity contribution in [3.05, 3.63) is 17.0 Å². The van der Waals surface area contributed by atoms with E-state index in [1.807, 2.05) is 6.92 Å². The molecule has 1 aromatic rings. The van der Waals surface area contributed by atoms with Gasteiger partial charge in [0.15, 0.2) is 5.69 Å². The number of aromatic nitrogens is 2. The molecule has 0 radical (unpaired) electrons. The number of hydrogen-bond donors (Lipinski definition) is 1. The maximum atomic E-state index is 10.9. The van der Waals surface area contributed by atoms with Crippen LogP contribution in [0.4, 0.5) is 0 Å². The van der Waals surface area contributed by atoms with Crippen LogP contribution in [0, 0.1) is 0 Å². The first-order chi connectivity index (χ1) is 6.24. The number of aromatic carboxylic acids is 1. The second kappa shape index (κ2) is 2.85. The van der Waals surface area contributed by atoms with Gasteiger partial charge < -0.3 is 9.84 Å². The summed E-state index contributed by atoms with van der Waals surface area (Å²) in [5.74, 6) is -0.930. The van der Waals surface area contributed by atoms with Crippen LogP contribution in [0.1, 0.15) is 28.7 Å². The lowest BCUT2D eigenvalue weighted by Gasteiger charge is -2.01. The number of hydrogen-bond acceptors (Lipinski definition) is 3. The first-order valence-corrected chi connectivity index (χ1v) is 4.13. The van der Waals surface area contributed by atoms with E-state index < -0.39 is 5.97 Å². The van der Waals surface area contributed by atoms with E-state index in [9.17, 15) is 4.79 Å². The molecule has 13 heavy (non-hydrogen) atoms. The SMILES string of the molecule is CCn1nc2c(c1C(=O)O)COC2. The van der Waals surface area contributed by atoms with Gasteiger partial charge in [0, 0.05) is 12.1 Å². The van der Waals surface area contributed by atoms with Crippen LogP contribution >= 0.6 is 0 Å². The van der Waals surface area contributed by atoms with E-state index in [0.29, 0.717) is 19.8 Å². The van der Waals surface area contributed by atoms with Gasteiger partial charge in [-0.05, 0) is 6.92 Å². The van der Waals surface area contributed by atoms with Crippen LogP contribution in [0.25, 0.3) is 0 Å². The van der Waals surface area contributed by atoms with Gasteiger partial charge in [-0.25, -0.2) is 4.79 Å². The summed E-state index contributed by atoms with van der Waals surface area (Å²) in [4.78, 5) is 10.9. The minimum absolute atomic E-state index is 0.273. The molecule has 0 atom stereocenters. The average Bonchev–Trinajstić information content (AvgIpc) is 2.59. The van der Waals surface area contributed by atoms with Crippen molar-refractivity contribution in [2.75, 3.05) is 0 Å². The maximum absolute atomic E-state index is 10.9. The molecule has 0 unspecified atom stereocenters. The molecule has 2 rings (SSSR count). The van der Waals surface area contributed by atoms with Gasteiger partial charge in [0.2, 0.25) is 0 Å². The molecule has 0 amide bonds. The summed E-state index contributed by atoms with van der Waals surface area (Å²) >= 11 is 0. The summed E-state index contributed by atoms with van der Waals surface area (Å²) < 4.78 is 6.62. The Hall–Kier alpha value is -1.36. The fourth-order valence-electron chi connectivity index (χ4n) is 1.53. The Morgan fingerprint density at radius 3 is 3.08 bits per heavy atom. The number of aryl methyl sites for hydroxylation is 1. The zero-order valence-electron chi connectivity index (χ0n) is 7.28. The number of carboxylic acid groups (broad SMARTS) is 1. The highest BCUT2D eigenvalue weighted by molar-refractivity contribution is 5.87. The molecule has 0 saturated carbocycles. The highest BCUT2D eigenvalue weighted by Gasteiger charge is 2.26. The Kier molecular flexibility index (Phi) is 1.81. The molecule has 0 saturated heterocycles. The normalized spacial score (nSPS) is 14.5. The van der Waals surface area contributed by atoms with Crippen molar-refractivity contribution in [1.82, 2.24) is 9.78 Å². The van der Waals surface area contributed by atoms with Gasteiger partial charge in [0.05, 0.1) is 18.9 Å². The first kappa shape index (κ1) is 8.25. The number of fused-ring (bicyclic) bond motifs is 1. The van der Waals surface area contributed by atoms with Gasteiger partial charge in [0.1, 0.15) is 0 Å². The smallest absolute Gasteiger partial charge is 0.354 e. The fraction of sp³-hybridized carbons (Fsp3) is 0.500. The maximum Gasteiger partial charge on any atom is 0.354 e. The summed E-state index contributed by atoms with van der Waals surface area (Å²) in [6.45, 7) is 3.25. The zero-order chi connectivity index (χ0) is 9.42. The lowest BCUT2D eigenvalue weighted by molar-refractivity contribution is 0.0675. The van der Waals surface area contributed by atoms with Crippen molar-refractivity contribution in [2.45, 2.75) is 26.7 Å². The molecule has 0 bridgehead atoms. The van der Waals surface area contributed by atoms with Gasteiger partial charge in [0.25, 0.3) is 0 Å². The number of carbonyl (C=O) groups is 1. The van der Waals surface area contributed by atoms with Crippen LogP contribution in [0.5, 0.6) is 0 Å². The standard InChI is InChI=1S/C8H10N2O3/c1-2-10-7(8(11)12)5-3-13-4-6(5)9-10/h2-4H2,1H3,(H,11,12). The van der Waals surface area contributed by atoms with E-state index in [-0.39, 0.29) is 5.69 Å². The minimum Gasteiger partial charge on any atom is -0.477 e. The van der Waals surface area contributed by atoms with Crippen molar-refractivity contribution in [1.29, 1.82) is 0 Å². The van der Waals surface area contributed by atoms with E-state index in [2.05, 4.69) is 5.10 Å². The Morgan fingerprint density at radius 1 is 1.69 bits per heavy atom. The fourth-order valence-corrected chi connectivity index (χ4v) is 1.53. The molecular weight excluding hydrogens is 172 g/mol. The van der Waals surface area contributed by atoms with Crippen LogP contribution < -0.4 is 0 Å². The molecule has 70 valence electrons. The van der Waals surface area contributed by atoms with Gasteiger partial charge in [-0.1, -0.05) is 0 Å². The van der Waals surface area contributed by atoms with Gasteiger partial charge >= 0.3 is 5.97 Å². The largest absolute Gasteiger partial charge is 0.477 e. The van der Waals surface area contributed by atoms with Crippen LogP contribution in [0.2, 0.25) is 0 Å². The summed E-state index contributed by atoms with van der Waals surface area (Å²) in [6, 6.07) is 0. The molecule has 0 fully saturated rings. The van der Waals surface area contributed by atoms with E-state index in [4.69, 9.17) is 9.84 Å². The van der Waals surface area contributed by atoms with Crippen molar-refractivity contribution < 1.29 is 14.6 Å². The summed E-state index contributed by atoms with van der Waals surface area (Å²) in [7, 11) is 0. The third-order valence-electron chi connectivity index (χ3n) is 2.12. The monoisotopic (exact) mass is 182 g/mol. The Balaban J connectivity index is 2.55. The molecule has 1 aliphatic rings. The Bertz CT molecular complexity index is 357. The Morgan fingerprint density at radius 2 is 2.46 bits per heavy atom. The lowest BCUT2D eigenvalue weighted by atomic mass is 10.2. The predicted octanol–water partition coefficient (Wildman–Crippen LogP) is 0.631.